The first kappa shape index (κ1) is 16.5. The average molecular weight is 362 g/mol. The molecule has 0 bridgehead atoms. The molecule has 0 saturated heterocycles. The highest BCUT2D eigenvalue weighted by Crippen LogP contribution is 2.25. The molecule has 0 aliphatic carbocycles. The van der Waals surface area contributed by atoms with Crippen LogP contribution in [0.5, 0.6) is 0 Å². The molecule has 0 fully saturated rings. The van der Waals surface area contributed by atoms with Gasteiger partial charge >= 0.3 is 0 Å². The SMILES string of the molecule is Cc1ccc(NC(=O)Cn2c(-c3cscn3)nc3ccccc32)cc1C. The number of amides is 1. The van der Waals surface area contributed by atoms with Gasteiger partial charge in [0.1, 0.15) is 12.2 Å². The molecule has 2 aromatic carbocycles. The van der Waals surface area contributed by atoms with Crippen molar-refractivity contribution in [1.82, 2.24) is 14.5 Å². The van der Waals surface area contributed by atoms with E-state index in [2.05, 4.69) is 22.2 Å². The molecule has 1 N–H and O–H groups in total. The molecule has 2 aromatic heterocycles. The lowest BCUT2D eigenvalue weighted by molar-refractivity contribution is -0.116. The monoisotopic (exact) mass is 362 g/mol. The van der Waals surface area contributed by atoms with E-state index in [9.17, 15) is 4.79 Å². The Morgan fingerprint density at radius 2 is 2.00 bits per heavy atom. The Morgan fingerprint density at radius 3 is 2.77 bits per heavy atom. The van der Waals surface area contributed by atoms with Crippen LogP contribution < -0.4 is 5.32 Å². The minimum Gasteiger partial charge on any atom is -0.325 e. The van der Waals surface area contributed by atoms with E-state index in [0.717, 1.165) is 28.0 Å². The average Bonchev–Trinajstić information content (AvgIpc) is 3.26. The zero-order valence-electron chi connectivity index (χ0n) is 14.6. The number of hydrogen-bond acceptors (Lipinski definition) is 4. The summed E-state index contributed by atoms with van der Waals surface area (Å²) in [6.07, 6.45) is 0. The van der Waals surface area contributed by atoms with E-state index in [1.165, 1.54) is 16.9 Å². The molecule has 0 atom stereocenters. The number of nitrogens with one attached hydrogen (secondary N) is 1. The van der Waals surface area contributed by atoms with Gasteiger partial charge in [0.25, 0.3) is 0 Å². The lowest BCUT2D eigenvalue weighted by atomic mass is 10.1. The molecule has 4 rings (SSSR count). The van der Waals surface area contributed by atoms with E-state index in [1.807, 2.05) is 59.3 Å². The normalized spacial score (nSPS) is 11.0. The Balaban J connectivity index is 1.66. The first-order chi connectivity index (χ1) is 12.6. The number of imidazole rings is 1. The van der Waals surface area contributed by atoms with Crippen LogP contribution in [0, 0.1) is 13.8 Å². The minimum absolute atomic E-state index is 0.0899. The number of anilines is 1. The standard InChI is InChI=1S/C20H18N4OS/c1-13-7-8-15(9-14(13)2)22-19(25)10-24-18-6-4-3-5-16(18)23-20(24)17-11-26-12-21-17/h3-9,11-12H,10H2,1-2H3,(H,22,25). The van der Waals surface area contributed by atoms with Crippen molar-refractivity contribution >= 4 is 34.0 Å². The van der Waals surface area contributed by atoms with Gasteiger partial charge in [-0.2, -0.15) is 0 Å². The molecule has 0 spiro atoms. The van der Waals surface area contributed by atoms with Crippen LogP contribution in [0.25, 0.3) is 22.6 Å². The summed E-state index contributed by atoms with van der Waals surface area (Å²) in [7, 11) is 0. The summed E-state index contributed by atoms with van der Waals surface area (Å²) < 4.78 is 1.92. The van der Waals surface area contributed by atoms with E-state index in [0.29, 0.717) is 5.82 Å². The van der Waals surface area contributed by atoms with Crippen LogP contribution in [0.4, 0.5) is 5.69 Å². The summed E-state index contributed by atoms with van der Waals surface area (Å²) in [6, 6.07) is 13.7. The number of nitrogens with zero attached hydrogens (tertiary/aromatic N) is 3. The van der Waals surface area contributed by atoms with Crippen molar-refractivity contribution in [3.8, 4) is 11.5 Å². The first-order valence-electron chi connectivity index (χ1n) is 8.33. The molecule has 0 aliphatic heterocycles. The Kier molecular flexibility index (Phi) is 4.26. The molecule has 2 heterocycles. The molecule has 1 amide bonds. The maximum absolute atomic E-state index is 12.7. The summed E-state index contributed by atoms with van der Waals surface area (Å²) in [5, 5.41) is 4.92. The topological polar surface area (TPSA) is 59.8 Å². The smallest absolute Gasteiger partial charge is 0.244 e. The van der Waals surface area contributed by atoms with E-state index in [4.69, 9.17) is 0 Å². The predicted molar refractivity (Wildman–Crippen MR) is 105 cm³/mol. The number of fused-ring (bicyclic) bond motifs is 1. The molecule has 0 radical (unpaired) electrons. The van der Waals surface area contributed by atoms with E-state index in [-0.39, 0.29) is 12.5 Å². The van der Waals surface area contributed by atoms with Crippen LogP contribution in [0.3, 0.4) is 0 Å². The van der Waals surface area contributed by atoms with Crippen LogP contribution >= 0.6 is 11.3 Å². The lowest BCUT2D eigenvalue weighted by Gasteiger charge is -2.10. The number of benzene rings is 2. The van der Waals surface area contributed by atoms with Crippen molar-refractivity contribution in [3.05, 3.63) is 64.5 Å². The molecular weight excluding hydrogens is 344 g/mol. The van der Waals surface area contributed by atoms with Crippen molar-refractivity contribution in [2.75, 3.05) is 5.32 Å². The molecule has 0 aliphatic rings. The third kappa shape index (κ3) is 3.11. The van der Waals surface area contributed by atoms with Crippen LogP contribution in [0.1, 0.15) is 11.1 Å². The van der Waals surface area contributed by atoms with Gasteiger partial charge in [0.2, 0.25) is 5.91 Å². The molecule has 5 nitrogen and oxygen atoms in total. The number of thiazole rings is 1. The quantitative estimate of drug-likeness (QED) is 0.585. The summed E-state index contributed by atoms with van der Waals surface area (Å²) in [5.74, 6) is 0.621. The second-order valence-corrected chi connectivity index (χ2v) is 6.95. The van der Waals surface area contributed by atoms with E-state index in [1.54, 1.807) is 5.51 Å². The Hall–Kier alpha value is -2.99. The highest BCUT2D eigenvalue weighted by molar-refractivity contribution is 7.07. The summed E-state index contributed by atoms with van der Waals surface area (Å²) >= 11 is 1.51. The molecule has 6 heteroatoms. The zero-order valence-corrected chi connectivity index (χ0v) is 15.4. The summed E-state index contributed by atoms with van der Waals surface area (Å²) in [5.41, 5.74) is 7.49. The van der Waals surface area contributed by atoms with Crippen molar-refractivity contribution in [2.45, 2.75) is 20.4 Å². The molecule has 4 aromatic rings. The number of carbonyl (C=O) groups excluding carboxylic acids is 1. The largest absolute Gasteiger partial charge is 0.325 e. The van der Waals surface area contributed by atoms with Gasteiger partial charge in [-0.3, -0.25) is 4.79 Å². The van der Waals surface area contributed by atoms with Gasteiger partial charge in [-0.1, -0.05) is 18.2 Å². The van der Waals surface area contributed by atoms with Crippen LogP contribution in [-0.2, 0) is 11.3 Å². The molecule has 0 unspecified atom stereocenters. The van der Waals surface area contributed by atoms with Gasteiger partial charge in [-0.15, -0.1) is 11.3 Å². The fraction of sp³-hybridized carbons (Fsp3) is 0.150. The highest BCUT2D eigenvalue weighted by atomic mass is 32.1. The van der Waals surface area contributed by atoms with Gasteiger partial charge in [0, 0.05) is 11.1 Å². The number of carbonyl (C=O) groups is 1. The fourth-order valence-corrected chi connectivity index (χ4v) is 3.45. The van der Waals surface area contributed by atoms with Gasteiger partial charge in [-0.05, 0) is 49.2 Å². The fourth-order valence-electron chi connectivity index (χ4n) is 2.92. The van der Waals surface area contributed by atoms with Crippen molar-refractivity contribution < 1.29 is 4.79 Å². The zero-order chi connectivity index (χ0) is 18.1. The van der Waals surface area contributed by atoms with Gasteiger partial charge in [-0.25, -0.2) is 9.97 Å². The third-order valence-electron chi connectivity index (χ3n) is 4.41. The third-order valence-corrected chi connectivity index (χ3v) is 4.99. The first-order valence-corrected chi connectivity index (χ1v) is 9.27. The molecular formula is C20H18N4OS. The maximum Gasteiger partial charge on any atom is 0.244 e. The van der Waals surface area contributed by atoms with Gasteiger partial charge < -0.3 is 9.88 Å². The number of aromatic nitrogens is 3. The number of para-hydroxylation sites is 2. The summed E-state index contributed by atoms with van der Waals surface area (Å²) in [6.45, 7) is 4.27. The second kappa shape index (κ2) is 6.72. The number of rotatable bonds is 4. The van der Waals surface area contributed by atoms with E-state index >= 15 is 0 Å². The predicted octanol–water partition coefficient (Wildman–Crippen LogP) is 4.42. The van der Waals surface area contributed by atoms with Crippen LogP contribution in [0.15, 0.2) is 53.4 Å². The van der Waals surface area contributed by atoms with Gasteiger partial charge in [0.05, 0.1) is 16.5 Å². The second-order valence-electron chi connectivity index (χ2n) is 6.23. The Morgan fingerprint density at radius 1 is 1.15 bits per heavy atom. The lowest BCUT2D eigenvalue weighted by Crippen LogP contribution is -2.19. The number of hydrogen-bond donors (Lipinski definition) is 1. The Labute approximate surface area is 155 Å². The van der Waals surface area contributed by atoms with E-state index < -0.39 is 0 Å². The molecule has 26 heavy (non-hydrogen) atoms. The number of aryl methyl sites for hydroxylation is 2. The highest BCUT2D eigenvalue weighted by Gasteiger charge is 2.16. The maximum atomic E-state index is 12.7. The van der Waals surface area contributed by atoms with Crippen LogP contribution in [0.2, 0.25) is 0 Å². The van der Waals surface area contributed by atoms with Crippen LogP contribution in [-0.4, -0.2) is 20.4 Å². The summed E-state index contributed by atoms with van der Waals surface area (Å²) in [4.78, 5) is 21.7. The molecule has 0 saturated carbocycles. The minimum atomic E-state index is -0.0899. The van der Waals surface area contributed by atoms with Crippen molar-refractivity contribution in [1.29, 1.82) is 0 Å². The van der Waals surface area contributed by atoms with Crippen molar-refractivity contribution in [2.24, 2.45) is 0 Å². The Bertz CT molecular complexity index is 1080. The van der Waals surface area contributed by atoms with Crippen molar-refractivity contribution in [3.63, 3.8) is 0 Å². The molecule has 130 valence electrons. The van der Waals surface area contributed by atoms with Gasteiger partial charge in [0.15, 0.2) is 5.82 Å².